The normalized spacial score (nSPS) is 14.1. The number of carbonyl (C=O) groups is 1. The number of hydrogen-bond acceptors (Lipinski definition) is 2. The van der Waals surface area contributed by atoms with Crippen LogP contribution in [-0.4, -0.2) is 24.1 Å². The molecule has 1 aliphatic rings. The summed E-state index contributed by atoms with van der Waals surface area (Å²) in [6.45, 7) is 1.74. The van der Waals surface area contributed by atoms with E-state index >= 15 is 0 Å². The number of halogens is 1. The van der Waals surface area contributed by atoms with Gasteiger partial charge in [0.15, 0.2) is 0 Å². The molecule has 0 unspecified atom stereocenters. The highest BCUT2D eigenvalue weighted by Gasteiger charge is 2.19. The highest BCUT2D eigenvalue weighted by molar-refractivity contribution is 9.10. The van der Waals surface area contributed by atoms with Crippen molar-refractivity contribution in [3.8, 4) is 0 Å². The average molecular weight is 360 g/mol. The molecule has 4 heteroatoms. The summed E-state index contributed by atoms with van der Waals surface area (Å²) >= 11 is 3.51. The van der Waals surface area contributed by atoms with Gasteiger partial charge in [-0.25, -0.2) is 4.79 Å². The molecule has 0 saturated heterocycles. The lowest BCUT2D eigenvalue weighted by Gasteiger charge is -2.19. The highest BCUT2D eigenvalue weighted by atomic mass is 79.9. The largest absolute Gasteiger partial charge is 0.445 e. The fourth-order valence-corrected chi connectivity index (χ4v) is 3.10. The fourth-order valence-electron chi connectivity index (χ4n) is 2.69. The van der Waals surface area contributed by atoms with E-state index in [1.807, 2.05) is 30.3 Å². The number of rotatable bonds is 2. The van der Waals surface area contributed by atoms with Gasteiger partial charge >= 0.3 is 6.09 Å². The van der Waals surface area contributed by atoms with Crippen molar-refractivity contribution in [3.05, 3.63) is 69.7 Å². The second-order valence-electron chi connectivity index (χ2n) is 5.44. The summed E-state index contributed by atoms with van der Waals surface area (Å²) in [6, 6.07) is 16.1. The molecule has 0 saturated carbocycles. The van der Waals surface area contributed by atoms with E-state index in [-0.39, 0.29) is 6.09 Å². The Morgan fingerprint density at radius 3 is 2.55 bits per heavy atom. The molecular formula is C18H18BrNO2. The number of nitrogens with zero attached hydrogens (tertiary/aromatic N) is 1. The van der Waals surface area contributed by atoms with Crippen molar-refractivity contribution in [3.63, 3.8) is 0 Å². The number of hydrogen-bond donors (Lipinski definition) is 0. The topological polar surface area (TPSA) is 29.5 Å². The second kappa shape index (κ2) is 6.97. The van der Waals surface area contributed by atoms with Crippen LogP contribution < -0.4 is 0 Å². The van der Waals surface area contributed by atoms with Gasteiger partial charge in [-0.1, -0.05) is 52.3 Å². The highest BCUT2D eigenvalue weighted by Crippen LogP contribution is 2.21. The van der Waals surface area contributed by atoms with Gasteiger partial charge in [0.2, 0.25) is 0 Å². The van der Waals surface area contributed by atoms with Gasteiger partial charge in [-0.3, -0.25) is 0 Å². The van der Waals surface area contributed by atoms with Crippen molar-refractivity contribution in [2.45, 2.75) is 19.4 Å². The summed E-state index contributed by atoms with van der Waals surface area (Å²) in [4.78, 5) is 14.0. The SMILES string of the molecule is O=C(OCc1ccccc1)N1CCc2ccc(Br)cc2CC1. The summed E-state index contributed by atoms with van der Waals surface area (Å²) in [5.41, 5.74) is 3.65. The number of carbonyl (C=O) groups excluding carboxylic acids is 1. The van der Waals surface area contributed by atoms with E-state index in [0.717, 1.165) is 22.9 Å². The molecular weight excluding hydrogens is 342 g/mol. The molecule has 0 spiro atoms. The molecule has 3 nitrogen and oxygen atoms in total. The molecule has 1 aliphatic heterocycles. The van der Waals surface area contributed by atoms with Crippen molar-refractivity contribution in [2.24, 2.45) is 0 Å². The van der Waals surface area contributed by atoms with E-state index in [9.17, 15) is 4.79 Å². The Balaban J connectivity index is 1.59. The second-order valence-corrected chi connectivity index (χ2v) is 6.36. The zero-order valence-corrected chi connectivity index (χ0v) is 13.9. The third-order valence-corrected chi connectivity index (χ3v) is 4.43. The van der Waals surface area contributed by atoms with Crippen LogP contribution in [0.5, 0.6) is 0 Å². The Bertz CT molecular complexity index is 657. The first-order valence-corrected chi connectivity index (χ1v) is 8.24. The number of ether oxygens (including phenoxy) is 1. The predicted molar refractivity (Wildman–Crippen MR) is 89.8 cm³/mol. The van der Waals surface area contributed by atoms with E-state index in [1.165, 1.54) is 11.1 Å². The van der Waals surface area contributed by atoms with Crippen LogP contribution in [0.25, 0.3) is 0 Å². The van der Waals surface area contributed by atoms with Gasteiger partial charge in [-0.15, -0.1) is 0 Å². The van der Waals surface area contributed by atoms with Crippen LogP contribution in [-0.2, 0) is 24.2 Å². The molecule has 0 fully saturated rings. The van der Waals surface area contributed by atoms with E-state index < -0.39 is 0 Å². The lowest BCUT2D eigenvalue weighted by atomic mass is 10.0. The minimum Gasteiger partial charge on any atom is -0.445 e. The first kappa shape index (κ1) is 15.1. The summed E-state index contributed by atoms with van der Waals surface area (Å²) in [6.07, 6.45) is 1.52. The smallest absolute Gasteiger partial charge is 0.410 e. The van der Waals surface area contributed by atoms with Gasteiger partial charge in [-0.2, -0.15) is 0 Å². The monoisotopic (exact) mass is 359 g/mol. The van der Waals surface area contributed by atoms with E-state index in [2.05, 4.69) is 34.1 Å². The minimum atomic E-state index is -0.226. The Kier molecular flexibility index (Phi) is 4.78. The predicted octanol–water partition coefficient (Wildman–Crippen LogP) is 4.19. The molecule has 0 atom stereocenters. The first-order valence-electron chi connectivity index (χ1n) is 7.45. The van der Waals surface area contributed by atoms with Crippen molar-refractivity contribution in [2.75, 3.05) is 13.1 Å². The van der Waals surface area contributed by atoms with E-state index in [4.69, 9.17) is 4.74 Å². The molecule has 0 N–H and O–H groups in total. The number of fused-ring (bicyclic) bond motifs is 1. The van der Waals surface area contributed by atoms with Crippen molar-refractivity contribution in [1.29, 1.82) is 0 Å². The summed E-state index contributed by atoms with van der Waals surface area (Å²) < 4.78 is 6.51. The van der Waals surface area contributed by atoms with Crippen LogP contribution >= 0.6 is 15.9 Å². The molecule has 2 aromatic rings. The molecule has 0 bridgehead atoms. The van der Waals surface area contributed by atoms with Crippen LogP contribution in [0.2, 0.25) is 0 Å². The maximum atomic E-state index is 12.2. The van der Waals surface area contributed by atoms with Gasteiger partial charge in [0.05, 0.1) is 0 Å². The quantitative estimate of drug-likeness (QED) is 0.804. The van der Waals surface area contributed by atoms with Crippen molar-refractivity contribution >= 4 is 22.0 Å². The van der Waals surface area contributed by atoms with Gasteiger partial charge in [0.1, 0.15) is 6.61 Å². The standard InChI is InChI=1S/C18H18BrNO2/c19-17-7-6-15-8-10-20(11-9-16(15)12-17)18(21)22-13-14-4-2-1-3-5-14/h1-7,12H,8-11,13H2. The molecule has 1 amide bonds. The number of benzene rings is 2. The van der Waals surface area contributed by atoms with Crippen molar-refractivity contribution in [1.82, 2.24) is 4.90 Å². The molecule has 22 heavy (non-hydrogen) atoms. The lowest BCUT2D eigenvalue weighted by Crippen LogP contribution is -2.33. The van der Waals surface area contributed by atoms with Crippen LogP contribution in [0.3, 0.4) is 0 Å². The zero-order chi connectivity index (χ0) is 15.4. The van der Waals surface area contributed by atoms with Crippen LogP contribution in [0.1, 0.15) is 16.7 Å². The zero-order valence-electron chi connectivity index (χ0n) is 12.3. The lowest BCUT2D eigenvalue weighted by molar-refractivity contribution is 0.0977. The van der Waals surface area contributed by atoms with E-state index in [0.29, 0.717) is 19.7 Å². The molecule has 2 aromatic carbocycles. The fraction of sp³-hybridized carbons (Fsp3) is 0.278. The molecule has 0 aromatic heterocycles. The van der Waals surface area contributed by atoms with Gasteiger partial charge in [-0.05, 0) is 41.7 Å². The molecule has 0 radical (unpaired) electrons. The van der Waals surface area contributed by atoms with Gasteiger partial charge < -0.3 is 9.64 Å². The van der Waals surface area contributed by atoms with Crippen LogP contribution in [0.15, 0.2) is 53.0 Å². The molecule has 3 rings (SSSR count). The minimum absolute atomic E-state index is 0.226. The Hall–Kier alpha value is -1.81. The summed E-state index contributed by atoms with van der Waals surface area (Å²) in [5.74, 6) is 0. The van der Waals surface area contributed by atoms with Crippen molar-refractivity contribution < 1.29 is 9.53 Å². The number of amides is 1. The summed E-state index contributed by atoms with van der Waals surface area (Å²) in [5, 5.41) is 0. The molecule has 1 heterocycles. The summed E-state index contributed by atoms with van der Waals surface area (Å²) in [7, 11) is 0. The maximum Gasteiger partial charge on any atom is 0.410 e. The third kappa shape index (κ3) is 3.69. The average Bonchev–Trinajstić information content (AvgIpc) is 2.76. The molecule has 0 aliphatic carbocycles. The van der Waals surface area contributed by atoms with E-state index in [1.54, 1.807) is 4.90 Å². The van der Waals surface area contributed by atoms with Gasteiger partial charge in [0, 0.05) is 17.6 Å². The van der Waals surface area contributed by atoms with Crippen LogP contribution in [0, 0.1) is 0 Å². The maximum absolute atomic E-state index is 12.2. The van der Waals surface area contributed by atoms with Crippen LogP contribution in [0.4, 0.5) is 4.79 Å². The van der Waals surface area contributed by atoms with Gasteiger partial charge in [0.25, 0.3) is 0 Å². The Labute approximate surface area is 139 Å². The Morgan fingerprint density at radius 1 is 1.05 bits per heavy atom. The third-order valence-electron chi connectivity index (χ3n) is 3.93. The Morgan fingerprint density at radius 2 is 1.77 bits per heavy atom. The first-order chi connectivity index (χ1) is 10.7. The molecule has 114 valence electrons.